The van der Waals surface area contributed by atoms with Gasteiger partial charge in [-0.2, -0.15) is 0 Å². The summed E-state index contributed by atoms with van der Waals surface area (Å²) in [6, 6.07) is 17.3. The van der Waals surface area contributed by atoms with E-state index < -0.39 is 16.0 Å². The zero-order chi connectivity index (χ0) is 26.5. The molecule has 0 saturated heterocycles. The summed E-state index contributed by atoms with van der Waals surface area (Å²) in [4.78, 5) is 15.3. The second-order valence-electron chi connectivity index (χ2n) is 8.38. The Morgan fingerprint density at radius 1 is 0.889 bits per heavy atom. The fourth-order valence-corrected chi connectivity index (χ4v) is 5.80. The number of hydrogen-bond acceptors (Lipinski definition) is 6. The van der Waals surface area contributed by atoms with E-state index in [0.29, 0.717) is 17.0 Å². The molecule has 0 heterocycles. The van der Waals surface area contributed by atoms with Crippen LogP contribution in [0.5, 0.6) is 5.75 Å². The number of ether oxygens (including phenoxy) is 2. The average molecular weight is 511 g/mol. The van der Waals surface area contributed by atoms with Gasteiger partial charge in [-0.05, 0) is 74.7 Å². The fourth-order valence-electron chi connectivity index (χ4n) is 4.27. The molecular formula is C28H34N2O5S. The number of nitrogens with zero attached hydrogens (tertiary/aromatic N) is 2. The third kappa shape index (κ3) is 5.33. The molecule has 0 aliphatic heterocycles. The molecule has 0 amide bonds. The highest BCUT2D eigenvalue weighted by Crippen LogP contribution is 2.39. The molecular weight excluding hydrogens is 476 g/mol. The van der Waals surface area contributed by atoms with Crippen molar-refractivity contribution < 1.29 is 22.7 Å². The van der Waals surface area contributed by atoms with E-state index >= 15 is 0 Å². The molecule has 0 N–H and O–H groups in total. The summed E-state index contributed by atoms with van der Waals surface area (Å²) >= 11 is 0. The number of esters is 1. The van der Waals surface area contributed by atoms with Crippen LogP contribution in [0.1, 0.15) is 40.9 Å². The van der Waals surface area contributed by atoms with E-state index in [1.165, 1.54) is 30.7 Å². The van der Waals surface area contributed by atoms with Crippen molar-refractivity contribution in [1.82, 2.24) is 0 Å². The normalized spacial score (nSPS) is 11.2. The van der Waals surface area contributed by atoms with Crippen LogP contribution in [0.4, 0.5) is 11.4 Å². The molecule has 0 atom stereocenters. The Morgan fingerprint density at radius 2 is 1.50 bits per heavy atom. The molecule has 192 valence electrons. The van der Waals surface area contributed by atoms with Crippen molar-refractivity contribution in [1.29, 1.82) is 0 Å². The molecule has 0 aliphatic rings. The van der Waals surface area contributed by atoms with E-state index in [1.54, 1.807) is 18.2 Å². The van der Waals surface area contributed by atoms with Gasteiger partial charge in [0.1, 0.15) is 5.75 Å². The molecule has 7 nitrogen and oxygen atoms in total. The topological polar surface area (TPSA) is 76.2 Å². The predicted molar refractivity (Wildman–Crippen MR) is 144 cm³/mol. The van der Waals surface area contributed by atoms with Crippen LogP contribution >= 0.6 is 0 Å². The lowest BCUT2D eigenvalue weighted by atomic mass is 9.99. The minimum absolute atomic E-state index is 0.0457. The van der Waals surface area contributed by atoms with Gasteiger partial charge in [0, 0.05) is 18.8 Å². The van der Waals surface area contributed by atoms with Crippen molar-refractivity contribution in [3.63, 3.8) is 0 Å². The summed E-state index contributed by atoms with van der Waals surface area (Å²) in [6.07, 6.45) is 0. The van der Waals surface area contributed by atoms with Crippen LogP contribution in [-0.2, 0) is 21.3 Å². The molecule has 8 heteroatoms. The number of carbonyl (C=O) groups is 1. The molecule has 0 unspecified atom stereocenters. The van der Waals surface area contributed by atoms with Gasteiger partial charge in [0.15, 0.2) is 0 Å². The predicted octanol–water partition coefficient (Wildman–Crippen LogP) is 5.34. The van der Waals surface area contributed by atoms with Crippen LogP contribution in [0, 0.1) is 13.8 Å². The summed E-state index contributed by atoms with van der Waals surface area (Å²) < 4.78 is 39.9. The van der Waals surface area contributed by atoms with Crippen LogP contribution < -0.4 is 13.9 Å². The highest BCUT2D eigenvalue weighted by atomic mass is 32.2. The molecule has 0 spiro atoms. The number of rotatable bonds is 10. The van der Waals surface area contributed by atoms with Crippen molar-refractivity contribution in [2.24, 2.45) is 0 Å². The number of methoxy groups -OCH3 is 2. The Morgan fingerprint density at radius 3 is 2.03 bits per heavy atom. The van der Waals surface area contributed by atoms with E-state index in [9.17, 15) is 13.2 Å². The lowest BCUT2D eigenvalue weighted by molar-refractivity contribution is 0.0601. The Balaban J connectivity index is 2.33. The lowest BCUT2D eigenvalue weighted by Crippen LogP contribution is -2.33. The second-order valence-corrected chi connectivity index (χ2v) is 10.2. The number of benzene rings is 3. The molecule has 0 saturated carbocycles. The molecule has 3 rings (SSSR count). The molecule has 3 aromatic carbocycles. The van der Waals surface area contributed by atoms with Gasteiger partial charge in [-0.1, -0.05) is 30.3 Å². The van der Waals surface area contributed by atoms with E-state index in [2.05, 4.69) is 4.90 Å². The van der Waals surface area contributed by atoms with Gasteiger partial charge in [0.25, 0.3) is 10.0 Å². The van der Waals surface area contributed by atoms with Crippen LogP contribution in [0.25, 0.3) is 0 Å². The largest absolute Gasteiger partial charge is 0.497 e. The van der Waals surface area contributed by atoms with Crippen LogP contribution in [0.15, 0.2) is 65.6 Å². The SMILES string of the molecule is CCN(CC)c1cc(C(=O)OC)c(N(Cc2ccccc2)S(=O)(=O)c2ccc(OC)cc2)c(C)c1C. The van der Waals surface area contributed by atoms with Crippen molar-refractivity contribution in [2.75, 3.05) is 36.5 Å². The average Bonchev–Trinajstić information content (AvgIpc) is 2.90. The molecule has 0 bridgehead atoms. The molecule has 0 fully saturated rings. The number of hydrogen-bond donors (Lipinski definition) is 0. The van der Waals surface area contributed by atoms with Gasteiger partial charge < -0.3 is 14.4 Å². The van der Waals surface area contributed by atoms with Gasteiger partial charge in [0.05, 0.1) is 36.9 Å². The molecule has 36 heavy (non-hydrogen) atoms. The van der Waals surface area contributed by atoms with Gasteiger partial charge in [-0.15, -0.1) is 0 Å². The monoisotopic (exact) mass is 510 g/mol. The zero-order valence-electron chi connectivity index (χ0n) is 21.7. The highest BCUT2D eigenvalue weighted by Gasteiger charge is 2.32. The first-order chi connectivity index (χ1) is 17.2. The maximum absolute atomic E-state index is 14.1. The van der Waals surface area contributed by atoms with Gasteiger partial charge in [0.2, 0.25) is 0 Å². The minimum atomic E-state index is -4.07. The van der Waals surface area contributed by atoms with Crippen LogP contribution in [0.3, 0.4) is 0 Å². The van der Waals surface area contributed by atoms with Crippen LogP contribution in [0.2, 0.25) is 0 Å². The lowest BCUT2D eigenvalue weighted by Gasteiger charge is -2.31. The smallest absolute Gasteiger partial charge is 0.340 e. The summed E-state index contributed by atoms with van der Waals surface area (Å²) in [5.74, 6) is -0.0427. The Kier molecular flexibility index (Phi) is 8.63. The van der Waals surface area contributed by atoms with Crippen molar-refractivity contribution in [2.45, 2.75) is 39.1 Å². The quantitative estimate of drug-likeness (QED) is 0.343. The van der Waals surface area contributed by atoms with Crippen LogP contribution in [-0.4, -0.2) is 41.7 Å². The van der Waals surface area contributed by atoms with Crippen molar-refractivity contribution in [3.05, 3.63) is 82.9 Å². The van der Waals surface area contributed by atoms with Crippen molar-refractivity contribution >= 4 is 27.4 Å². The van der Waals surface area contributed by atoms with E-state index in [0.717, 1.165) is 29.9 Å². The number of anilines is 2. The summed E-state index contributed by atoms with van der Waals surface area (Å²) in [6.45, 7) is 9.42. The minimum Gasteiger partial charge on any atom is -0.497 e. The number of sulfonamides is 1. The standard InChI is InChI=1S/C28H34N2O5S/c1-7-29(8-2)26-18-25(28(31)35-6)27(21(4)20(26)3)30(19-22-12-10-9-11-13-22)36(32,33)24-16-14-23(34-5)15-17-24/h9-18H,7-8,19H2,1-6H3. The summed E-state index contributed by atoms with van der Waals surface area (Å²) in [5.41, 5.74) is 3.79. The van der Waals surface area contributed by atoms with Gasteiger partial charge in [-0.25, -0.2) is 13.2 Å². The molecule has 0 aromatic heterocycles. The third-order valence-electron chi connectivity index (χ3n) is 6.41. The fraction of sp³-hybridized carbons (Fsp3) is 0.321. The molecule has 0 aliphatic carbocycles. The second kappa shape index (κ2) is 11.5. The van der Waals surface area contributed by atoms with E-state index in [-0.39, 0.29) is 17.0 Å². The molecule has 0 radical (unpaired) electrons. The maximum atomic E-state index is 14.1. The third-order valence-corrected chi connectivity index (χ3v) is 8.17. The Hall–Kier alpha value is -3.52. The Labute approximate surface area is 214 Å². The first kappa shape index (κ1) is 27.1. The first-order valence-electron chi connectivity index (χ1n) is 11.9. The highest BCUT2D eigenvalue weighted by molar-refractivity contribution is 7.92. The summed E-state index contributed by atoms with van der Waals surface area (Å²) in [5, 5.41) is 0. The summed E-state index contributed by atoms with van der Waals surface area (Å²) in [7, 11) is -1.24. The maximum Gasteiger partial charge on any atom is 0.340 e. The zero-order valence-corrected chi connectivity index (χ0v) is 22.6. The van der Waals surface area contributed by atoms with Gasteiger partial charge in [-0.3, -0.25) is 4.31 Å². The first-order valence-corrected chi connectivity index (χ1v) is 13.3. The van der Waals surface area contributed by atoms with E-state index in [1.807, 2.05) is 58.0 Å². The Bertz CT molecular complexity index is 1300. The molecule has 3 aromatic rings. The van der Waals surface area contributed by atoms with Gasteiger partial charge >= 0.3 is 5.97 Å². The van der Waals surface area contributed by atoms with Crippen molar-refractivity contribution in [3.8, 4) is 5.75 Å². The number of carbonyl (C=O) groups excluding carboxylic acids is 1. The van der Waals surface area contributed by atoms with E-state index in [4.69, 9.17) is 9.47 Å².